The molecule has 0 saturated heterocycles. The summed E-state index contributed by atoms with van der Waals surface area (Å²) in [5.74, 6) is 0.778. The van der Waals surface area contributed by atoms with Gasteiger partial charge in [0, 0.05) is 53.9 Å². The van der Waals surface area contributed by atoms with Crippen LogP contribution in [0.1, 0.15) is 22.9 Å². The van der Waals surface area contributed by atoms with Crippen molar-refractivity contribution in [2.75, 3.05) is 0 Å². The predicted octanol–water partition coefficient (Wildman–Crippen LogP) is 12.8. The molecule has 6 heteroatoms. The number of rotatable bonds is 5. The van der Waals surface area contributed by atoms with Gasteiger partial charge in [0.2, 0.25) is 0 Å². The molecule has 0 fully saturated rings. The minimum absolute atomic E-state index is 0.165. The average molecular weight is 690 g/mol. The van der Waals surface area contributed by atoms with Crippen LogP contribution in [0.25, 0.3) is 73.2 Å². The maximum absolute atomic E-state index is 5.09. The van der Waals surface area contributed by atoms with Crippen molar-refractivity contribution in [1.29, 1.82) is 0 Å². The molecule has 0 amide bonds. The molecule has 11 rings (SSSR count). The molecular formula is C45H29N4S2-. The maximum atomic E-state index is 5.09. The second-order valence-corrected chi connectivity index (χ2v) is 15.3. The van der Waals surface area contributed by atoms with Gasteiger partial charge in [-0.15, -0.1) is 22.7 Å². The number of hydrazone groups is 1. The van der Waals surface area contributed by atoms with Gasteiger partial charge in [0.1, 0.15) is 0 Å². The maximum Gasteiger partial charge on any atom is 0.0594 e. The van der Waals surface area contributed by atoms with E-state index in [4.69, 9.17) is 10.4 Å². The monoisotopic (exact) mass is 689 g/mol. The zero-order valence-corrected chi connectivity index (χ0v) is 29.0. The highest BCUT2D eigenvalue weighted by molar-refractivity contribution is 7.33. The molecule has 0 spiro atoms. The number of para-hydroxylation sites is 2. The average Bonchev–Trinajstić information content (AvgIpc) is 3.96. The van der Waals surface area contributed by atoms with Crippen molar-refractivity contribution < 1.29 is 0 Å². The van der Waals surface area contributed by atoms with Crippen molar-refractivity contribution in [2.45, 2.75) is 12.7 Å². The lowest BCUT2D eigenvalue weighted by atomic mass is 10.1. The van der Waals surface area contributed by atoms with Gasteiger partial charge in [-0.25, -0.2) is 0 Å². The van der Waals surface area contributed by atoms with Gasteiger partial charge in [-0.05, 0) is 58.9 Å². The van der Waals surface area contributed by atoms with Crippen LogP contribution in [0.5, 0.6) is 0 Å². The van der Waals surface area contributed by atoms with E-state index >= 15 is 0 Å². The summed E-state index contributed by atoms with van der Waals surface area (Å²) in [5.41, 5.74) is 7.08. The van der Waals surface area contributed by atoms with Crippen LogP contribution in [0.15, 0.2) is 163 Å². The van der Waals surface area contributed by atoms with Gasteiger partial charge in [-0.2, -0.15) is 0 Å². The quantitative estimate of drug-likeness (QED) is 0.177. The SMILES string of the molecule is c1ccc(C2=NN(Cc3ccc4sc5c(ccc6c7ccc(-n8c9ccccc9c9ccccc98)cc7sc65)c4c3)C(c3ccccc3)[N-]2)cc1. The summed E-state index contributed by atoms with van der Waals surface area (Å²) < 4.78 is 7.76. The summed E-state index contributed by atoms with van der Waals surface area (Å²) in [4.78, 5) is 0. The van der Waals surface area contributed by atoms with Gasteiger partial charge in [0.15, 0.2) is 0 Å². The summed E-state index contributed by atoms with van der Waals surface area (Å²) in [5, 5.41) is 20.1. The van der Waals surface area contributed by atoms with Gasteiger partial charge < -0.3 is 20.0 Å². The van der Waals surface area contributed by atoms with Gasteiger partial charge in [0.05, 0.1) is 26.6 Å². The Kier molecular flexibility index (Phi) is 6.38. The highest BCUT2D eigenvalue weighted by Crippen LogP contribution is 2.46. The minimum Gasteiger partial charge on any atom is -0.439 e. The normalized spacial score (nSPS) is 14.8. The molecule has 1 unspecified atom stereocenters. The van der Waals surface area contributed by atoms with Crippen LogP contribution < -0.4 is 0 Å². The van der Waals surface area contributed by atoms with E-state index in [-0.39, 0.29) is 6.17 Å². The van der Waals surface area contributed by atoms with Gasteiger partial charge in [0.25, 0.3) is 0 Å². The summed E-state index contributed by atoms with van der Waals surface area (Å²) >= 11 is 3.82. The van der Waals surface area contributed by atoms with Crippen LogP contribution in [0, 0.1) is 0 Å². The molecule has 242 valence electrons. The van der Waals surface area contributed by atoms with Crippen molar-refractivity contribution in [1.82, 2.24) is 9.58 Å². The molecule has 3 aromatic heterocycles. The molecule has 0 aliphatic carbocycles. The Morgan fingerprint density at radius 2 is 1.16 bits per heavy atom. The third-order valence-corrected chi connectivity index (χ3v) is 12.7. The van der Waals surface area contributed by atoms with Crippen molar-refractivity contribution in [3.05, 3.63) is 180 Å². The Bertz CT molecular complexity index is 2940. The van der Waals surface area contributed by atoms with Crippen LogP contribution in [0.2, 0.25) is 0 Å². The van der Waals surface area contributed by atoms with Crippen LogP contribution in [0.4, 0.5) is 0 Å². The molecule has 7 aromatic carbocycles. The first-order valence-electron chi connectivity index (χ1n) is 17.2. The first kappa shape index (κ1) is 28.8. The Morgan fingerprint density at radius 3 is 1.90 bits per heavy atom. The van der Waals surface area contributed by atoms with Gasteiger partial charge in [-0.3, -0.25) is 0 Å². The number of hydrogen-bond acceptors (Lipinski definition) is 4. The summed E-state index contributed by atoms with van der Waals surface area (Å²) in [6.45, 7) is 0.670. The fourth-order valence-corrected chi connectivity index (χ4v) is 10.4. The predicted molar refractivity (Wildman–Crippen MR) is 218 cm³/mol. The number of fused-ring (bicyclic) bond motifs is 10. The second kappa shape index (κ2) is 11.3. The summed E-state index contributed by atoms with van der Waals surface area (Å²) in [6.07, 6.45) is -0.165. The van der Waals surface area contributed by atoms with Crippen LogP contribution >= 0.6 is 22.7 Å². The largest absolute Gasteiger partial charge is 0.439 e. The van der Waals surface area contributed by atoms with Crippen molar-refractivity contribution in [3.63, 3.8) is 0 Å². The molecule has 0 radical (unpaired) electrons. The van der Waals surface area contributed by atoms with Gasteiger partial charge in [-0.1, -0.05) is 121 Å². The Hall–Kier alpha value is -5.95. The fraction of sp³-hybridized carbons (Fsp3) is 0.0444. The van der Waals surface area contributed by atoms with E-state index < -0.39 is 0 Å². The zero-order valence-electron chi connectivity index (χ0n) is 27.4. The van der Waals surface area contributed by atoms with E-state index in [9.17, 15) is 0 Å². The topological polar surface area (TPSA) is 34.6 Å². The molecule has 51 heavy (non-hydrogen) atoms. The van der Waals surface area contributed by atoms with E-state index in [1.165, 1.54) is 73.4 Å². The Labute approximate surface area is 302 Å². The van der Waals surface area contributed by atoms with Crippen molar-refractivity contribution in [3.8, 4) is 5.69 Å². The number of nitrogens with zero attached hydrogens (tertiary/aromatic N) is 4. The molecule has 0 bridgehead atoms. The lowest BCUT2D eigenvalue weighted by Gasteiger charge is -2.31. The third-order valence-electron chi connectivity index (χ3n) is 10.2. The number of benzene rings is 7. The Morgan fingerprint density at radius 1 is 0.529 bits per heavy atom. The van der Waals surface area contributed by atoms with Crippen LogP contribution in [0.3, 0.4) is 0 Å². The molecule has 4 heterocycles. The standard InChI is InChI=1S/C45H29N4S2/c1-3-11-29(12-4-1)44-46-45(30-13-5-2-6-14-30)48(47-44)27-28-19-24-40-37(25-28)36-23-22-35-34-21-20-31(26-41(34)51-42(35)43(36)50-40)49-38-17-9-7-15-32(38)33-16-8-10-18-39(33)49/h1-26,45H,27H2/q-1. The first-order valence-corrected chi connectivity index (χ1v) is 18.9. The summed E-state index contributed by atoms with van der Waals surface area (Å²) in [7, 11) is 0. The molecule has 4 nitrogen and oxygen atoms in total. The third kappa shape index (κ3) is 4.54. The molecule has 1 aliphatic heterocycles. The van der Waals surface area contributed by atoms with E-state index in [0.717, 1.165) is 17.0 Å². The number of aromatic nitrogens is 1. The molecular weight excluding hydrogens is 661 g/mol. The van der Waals surface area contributed by atoms with Crippen molar-refractivity contribution >= 4 is 90.7 Å². The molecule has 0 saturated carbocycles. The molecule has 1 aliphatic rings. The van der Waals surface area contributed by atoms with E-state index in [0.29, 0.717) is 6.54 Å². The molecule has 0 N–H and O–H groups in total. The van der Waals surface area contributed by atoms with Crippen LogP contribution in [-0.4, -0.2) is 15.4 Å². The van der Waals surface area contributed by atoms with Crippen LogP contribution in [-0.2, 0) is 6.54 Å². The highest BCUT2D eigenvalue weighted by Gasteiger charge is 2.21. The lowest BCUT2D eigenvalue weighted by molar-refractivity contribution is 0.245. The highest BCUT2D eigenvalue weighted by atomic mass is 32.1. The number of hydrogen-bond donors (Lipinski definition) is 0. The van der Waals surface area contributed by atoms with E-state index in [1.54, 1.807) is 0 Å². The number of thiophene rings is 2. The second-order valence-electron chi connectivity index (χ2n) is 13.2. The fourth-order valence-electron chi connectivity index (χ4n) is 7.83. The van der Waals surface area contributed by atoms with Crippen molar-refractivity contribution in [2.24, 2.45) is 5.10 Å². The van der Waals surface area contributed by atoms with E-state index in [2.05, 4.69) is 149 Å². The minimum atomic E-state index is -0.165. The summed E-state index contributed by atoms with van der Waals surface area (Å²) in [6, 6.07) is 56.8. The molecule has 1 atom stereocenters. The molecule has 10 aromatic rings. The lowest BCUT2D eigenvalue weighted by Crippen LogP contribution is -2.18. The van der Waals surface area contributed by atoms with E-state index in [1.807, 2.05) is 40.9 Å². The smallest absolute Gasteiger partial charge is 0.0594 e. The zero-order chi connectivity index (χ0) is 33.5. The Balaban J connectivity index is 0.998. The van der Waals surface area contributed by atoms with Gasteiger partial charge >= 0.3 is 0 Å². The first-order chi connectivity index (χ1) is 25.3. The number of amidine groups is 1.